The lowest BCUT2D eigenvalue weighted by Crippen LogP contribution is -2.09. The van der Waals surface area contributed by atoms with Gasteiger partial charge in [-0.25, -0.2) is 4.79 Å². The molecule has 0 aromatic rings. The second-order valence-electron chi connectivity index (χ2n) is 2.73. The number of hydrogen-bond donors (Lipinski definition) is 0. The van der Waals surface area contributed by atoms with Crippen LogP contribution in [0, 0.1) is 17.8 Å². The number of ether oxygens (including phenoxy) is 2. The molecule has 1 rings (SSSR count). The molecule has 2 unspecified atom stereocenters. The van der Waals surface area contributed by atoms with Crippen molar-refractivity contribution >= 4 is 5.97 Å². The minimum absolute atomic E-state index is 0.141. The fourth-order valence-corrected chi connectivity index (χ4v) is 1.12. The van der Waals surface area contributed by atoms with E-state index in [-0.39, 0.29) is 12.0 Å². The van der Waals surface area contributed by atoms with E-state index in [0.717, 1.165) is 13.0 Å². The molecule has 0 N–H and O–H groups in total. The van der Waals surface area contributed by atoms with Gasteiger partial charge in [0.15, 0.2) is 0 Å². The molecule has 0 aliphatic carbocycles. The third-order valence-corrected chi connectivity index (χ3v) is 1.92. The first-order valence-electron chi connectivity index (χ1n) is 3.95. The molecule has 1 aliphatic heterocycles. The highest BCUT2D eigenvalue weighted by Gasteiger charge is 2.21. The first-order chi connectivity index (χ1) is 5.74. The van der Waals surface area contributed by atoms with Gasteiger partial charge < -0.3 is 9.47 Å². The first-order valence-corrected chi connectivity index (χ1v) is 3.95. The average Bonchev–Trinajstić information content (AvgIpc) is 2.47. The molecule has 0 aromatic carbocycles. The van der Waals surface area contributed by atoms with Crippen LogP contribution >= 0.6 is 0 Å². The van der Waals surface area contributed by atoms with Crippen molar-refractivity contribution in [2.45, 2.75) is 19.4 Å². The highest BCUT2D eigenvalue weighted by molar-refractivity contribution is 5.88. The zero-order valence-electron chi connectivity index (χ0n) is 7.29. The molecule has 0 spiro atoms. The van der Waals surface area contributed by atoms with E-state index in [2.05, 4.69) is 16.6 Å². The summed E-state index contributed by atoms with van der Waals surface area (Å²) in [6.45, 7) is 2.70. The molecule has 3 heteroatoms. The molecule has 1 heterocycles. The lowest BCUT2D eigenvalue weighted by Gasteiger charge is -2.04. The Balaban J connectivity index is 2.47. The molecule has 0 aromatic heterocycles. The topological polar surface area (TPSA) is 35.5 Å². The lowest BCUT2D eigenvalue weighted by atomic mass is 10.0. The molecule has 0 radical (unpaired) electrons. The van der Waals surface area contributed by atoms with Crippen LogP contribution in [0.4, 0.5) is 0 Å². The normalized spacial score (nSPS) is 27.5. The van der Waals surface area contributed by atoms with E-state index in [4.69, 9.17) is 4.74 Å². The quantitative estimate of drug-likeness (QED) is 0.301. The molecule has 1 fully saturated rings. The number of rotatable bonds is 0. The van der Waals surface area contributed by atoms with Crippen molar-refractivity contribution in [3.63, 3.8) is 0 Å². The average molecular weight is 168 g/mol. The van der Waals surface area contributed by atoms with E-state index >= 15 is 0 Å². The van der Waals surface area contributed by atoms with Crippen molar-refractivity contribution in [2.24, 2.45) is 5.92 Å². The SMILES string of the molecule is COC(=O)C#CC1CCOC1C. The number of esters is 1. The van der Waals surface area contributed by atoms with Crippen molar-refractivity contribution in [2.75, 3.05) is 13.7 Å². The summed E-state index contributed by atoms with van der Waals surface area (Å²) in [6.07, 6.45) is 1.05. The minimum atomic E-state index is -0.478. The Morgan fingerprint density at radius 2 is 2.42 bits per heavy atom. The standard InChI is InChI=1S/C9H12O3/c1-7-8(5-6-12-7)3-4-9(10)11-2/h7-8H,5-6H2,1-2H3. The van der Waals surface area contributed by atoms with Crippen molar-refractivity contribution in [3.05, 3.63) is 0 Å². The van der Waals surface area contributed by atoms with E-state index < -0.39 is 5.97 Å². The first kappa shape index (κ1) is 9.08. The number of methoxy groups -OCH3 is 1. The molecule has 0 bridgehead atoms. The van der Waals surface area contributed by atoms with Crippen molar-refractivity contribution < 1.29 is 14.3 Å². The van der Waals surface area contributed by atoms with Gasteiger partial charge in [0.05, 0.1) is 13.2 Å². The van der Waals surface area contributed by atoms with Crippen LogP contribution in [0.25, 0.3) is 0 Å². The maximum atomic E-state index is 10.6. The van der Waals surface area contributed by atoms with Crippen LogP contribution in [0.1, 0.15) is 13.3 Å². The zero-order valence-corrected chi connectivity index (χ0v) is 7.29. The second-order valence-corrected chi connectivity index (χ2v) is 2.73. The fraction of sp³-hybridized carbons (Fsp3) is 0.667. The van der Waals surface area contributed by atoms with Crippen molar-refractivity contribution in [3.8, 4) is 11.8 Å². The van der Waals surface area contributed by atoms with Gasteiger partial charge in [-0.2, -0.15) is 0 Å². The van der Waals surface area contributed by atoms with E-state index in [1.54, 1.807) is 0 Å². The number of carbonyl (C=O) groups excluding carboxylic acids is 1. The fourth-order valence-electron chi connectivity index (χ4n) is 1.12. The van der Waals surface area contributed by atoms with Crippen LogP contribution in [0.5, 0.6) is 0 Å². The summed E-state index contributed by atoms with van der Waals surface area (Å²) in [5.41, 5.74) is 0. The zero-order chi connectivity index (χ0) is 8.97. The van der Waals surface area contributed by atoms with Gasteiger partial charge in [0.25, 0.3) is 0 Å². The summed E-state index contributed by atoms with van der Waals surface area (Å²) >= 11 is 0. The third kappa shape index (κ3) is 2.24. The smallest absolute Gasteiger partial charge is 0.384 e. The van der Waals surface area contributed by atoms with Gasteiger partial charge in [0.2, 0.25) is 0 Å². The Labute approximate surface area is 72.0 Å². The monoisotopic (exact) mass is 168 g/mol. The third-order valence-electron chi connectivity index (χ3n) is 1.92. The Morgan fingerprint density at radius 1 is 1.67 bits per heavy atom. The van der Waals surface area contributed by atoms with Gasteiger partial charge in [0, 0.05) is 18.4 Å². The summed E-state index contributed by atoms with van der Waals surface area (Å²) in [5.74, 6) is 4.95. The molecular weight excluding hydrogens is 156 g/mol. The van der Waals surface area contributed by atoms with Gasteiger partial charge in [-0.15, -0.1) is 0 Å². The highest BCUT2D eigenvalue weighted by Crippen LogP contribution is 2.18. The minimum Gasteiger partial charge on any atom is -0.459 e. The van der Waals surface area contributed by atoms with Crippen LogP contribution in [0.3, 0.4) is 0 Å². The molecule has 2 atom stereocenters. The molecule has 1 aliphatic rings. The summed E-state index contributed by atoms with van der Waals surface area (Å²) in [6, 6.07) is 0. The largest absolute Gasteiger partial charge is 0.459 e. The molecule has 3 nitrogen and oxygen atoms in total. The van der Waals surface area contributed by atoms with Crippen LogP contribution in [-0.4, -0.2) is 25.8 Å². The summed E-state index contributed by atoms with van der Waals surface area (Å²) < 4.78 is 9.67. The Morgan fingerprint density at radius 3 is 2.92 bits per heavy atom. The van der Waals surface area contributed by atoms with Gasteiger partial charge in [0.1, 0.15) is 0 Å². The molecule has 66 valence electrons. The van der Waals surface area contributed by atoms with Crippen LogP contribution in [0.2, 0.25) is 0 Å². The highest BCUT2D eigenvalue weighted by atomic mass is 16.5. The van der Waals surface area contributed by atoms with Gasteiger partial charge in [-0.05, 0) is 13.3 Å². The van der Waals surface area contributed by atoms with Crippen LogP contribution in [-0.2, 0) is 14.3 Å². The van der Waals surface area contributed by atoms with Crippen molar-refractivity contribution in [1.29, 1.82) is 0 Å². The number of carbonyl (C=O) groups is 1. The van der Waals surface area contributed by atoms with E-state index in [1.807, 2.05) is 6.92 Å². The lowest BCUT2D eigenvalue weighted by molar-refractivity contribution is -0.133. The predicted molar refractivity (Wildman–Crippen MR) is 43.3 cm³/mol. The Kier molecular flexibility index (Phi) is 3.12. The Hall–Kier alpha value is -1.01. The Bertz CT molecular complexity index is 224. The summed E-state index contributed by atoms with van der Waals surface area (Å²) in [5, 5.41) is 0. The van der Waals surface area contributed by atoms with E-state index in [1.165, 1.54) is 7.11 Å². The molecular formula is C9H12O3. The van der Waals surface area contributed by atoms with Crippen LogP contribution < -0.4 is 0 Å². The van der Waals surface area contributed by atoms with Gasteiger partial charge in [-0.3, -0.25) is 0 Å². The van der Waals surface area contributed by atoms with Gasteiger partial charge in [-0.1, -0.05) is 5.92 Å². The molecule has 0 saturated carbocycles. The van der Waals surface area contributed by atoms with Crippen molar-refractivity contribution in [1.82, 2.24) is 0 Å². The van der Waals surface area contributed by atoms with Crippen LogP contribution in [0.15, 0.2) is 0 Å². The molecule has 1 saturated heterocycles. The molecule has 0 amide bonds. The number of hydrogen-bond acceptors (Lipinski definition) is 3. The predicted octanol–water partition coefficient (Wildman–Crippen LogP) is 0.588. The maximum Gasteiger partial charge on any atom is 0.384 e. The second kappa shape index (κ2) is 4.13. The van der Waals surface area contributed by atoms with Gasteiger partial charge >= 0.3 is 5.97 Å². The summed E-state index contributed by atoms with van der Waals surface area (Å²) in [4.78, 5) is 10.6. The summed E-state index contributed by atoms with van der Waals surface area (Å²) in [7, 11) is 1.32. The van der Waals surface area contributed by atoms with E-state index in [9.17, 15) is 4.79 Å². The molecule has 12 heavy (non-hydrogen) atoms. The van der Waals surface area contributed by atoms with E-state index in [0.29, 0.717) is 0 Å². The maximum absolute atomic E-state index is 10.6.